The molecule has 0 bridgehead atoms. The van der Waals surface area contributed by atoms with Crippen molar-refractivity contribution in [1.29, 1.82) is 0 Å². The molecule has 0 saturated carbocycles. The molecule has 55 heavy (non-hydrogen) atoms. The van der Waals surface area contributed by atoms with Gasteiger partial charge in [0.15, 0.2) is 33.8 Å². The minimum Gasteiger partial charge on any atom is -0.458 e. The van der Waals surface area contributed by atoms with Gasteiger partial charge in [-0.25, -0.2) is 19.6 Å². The molecule has 290 valence electrons. The molecule has 0 amide bonds. The minimum atomic E-state index is -1.71. The van der Waals surface area contributed by atoms with Gasteiger partial charge >= 0.3 is 23.6 Å². The van der Waals surface area contributed by atoms with Gasteiger partial charge in [-0.2, -0.15) is 0 Å². The second-order valence-electron chi connectivity index (χ2n) is 14.2. The molecule has 1 N–H and O–H groups in total. The van der Waals surface area contributed by atoms with Gasteiger partial charge in [-0.15, -0.1) is 6.42 Å². The van der Waals surface area contributed by atoms with E-state index in [2.05, 4.69) is 10.9 Å². The van der Waals surface area contributed by atoms with Crippen LogP contribution >= 0.6 is 0 Å². The van der Waals surface area contributed by atoms with Crippen LogP contribution in [-0.2, 0) is 37.6 Å². The molecule has 3 atom stereocenters. The standard InChI is InChI=1S/C38H41N5O12/c1-10-38(17-44)28(54-30(46)14-37(8,9)31-20(3)11-19(2)12-25(31)51-24(7)45)13-29(55-38)43-18-40-32-33(39-15-26-21(4)49-35(47)52-26)42(23(6)41-34(32)43)16-27-22(5)50-36(48)53-27/h1,11-12,18,28-29,44H,13-17H2,2-9H3/t28-,29+,38+/m0/s1. The molecule has 0 aliphatic carbocycles. The van der Waals surface area contributed by atoms with Gasteiger partial charge < -0.3 is 41.6 Å². The van der Waals surface area contributed by atoms with Gasteiger partial charge in [-0.05, 0) is 51.8 Å². The maximum absolute atomic E-state index is 13.7. The number of imidazole rings is 1. The highest BCUT2D eigenvalue weighted by molar-refractivity contribution is 5.74. The first kappa shape index (κ1) is 38.7. The first-order valence-electron chi connectivity index (χ1n) is 17.3. The summed E-state index contributed by atoms with van der Waals surface area (Å²) in [6.07, 6.45) is 5.31. The number of carbonyl (C=O) groups is 2. The Morgan fingerprint density at radius 3 is 2.35 bits per heavy atom. The van der Waals surface area contributed by atoms with Crippen LogP contribution in [0, 0.1) is 47.0 Å². The number of aromatic nitrogens is 4. The predicted octanol–water partition coefficient (Wildman–Crippen LogP) is 3.50. The number of esters is 2. The lowest BCUT2D eigenvalue weighted by atomic mass is 9.78. The lowest BCUT2D eigenvalue weighted by molar-refractivity contribution is -0.160. The van der Waals surface area contributed by atoms with E-state index >= 15 is 0 Å². The summed E-state index contributed by atoms with van der Waals surface area (Å²) in [6, 6.07) is 3.69. The quantitative estimate of drug-likeness (QED) is 0.116. The first-order valence-corrected chi connectivity index (χ1v) is 17.3. The monoisotopic (exact) mass is 759 g/mol. The Kier molecular flexibility index (Phi) is 10.3. The average molecular weight is 760 g/mol. The molecule has 1 aliphatic rings. The molecule has 1 saturated heterocycles. The van der Waals surface area contributed by atoms with Gasteiger partial charge in [0.1, 0.15) is 42.0 Å². The van der Waals surface area contributed by atoms with Crippen LogP contribution in [0.15, 0.2) is 50.7 Å². The van der Waals surface area contributed by atoms with Gasteiger partial charge in [-0.3, -0.25) is 19.1 Å². The number of nitrogens with zero attached hydrogens (tertiary/aromatic N) is 5. The molecule has 1 fully saturated rings. The third-order valence-corrected chi connectivity index (χ3v) is 9.54. The molecule has 6 rings (SSSR count). The van der Waals surface area contributed by atoms with Crippen LogP contribution in [0.25, 0.3) is 11.2 Å². The third-order valence-electron chi connectivity index (χ3n) is 9.54. The van der Waals surface area contributed by atoms with Crippen molar-refractivity contribution in [3.8, 4) is 18.1 Å². The van der Waals surface area contributed by atoms with E-state index in [4.69, 9.17) is 48.3 Å². The van der Waals surface area contributed by atoms with Crippen LogP contribution < -0.4 is 21.9 Å². The predicted molar refractivity (Wildman–Crippen MR) is 191 cm³/mol. The summed E-state index contributed by atoms with van der Waals surface area (Å²) in [7, 11) is 0. The van der Waals surface area contributed by atoms with Crippen molar-refractivity contribution < 1.29 is 46.6 Å². The summed E-state index contributed by atoms with van der Waals surface area (Å²) in [5, 5.41) is 10.6. The second-order valence-corrected chi connectivity index (χ2v) is 14.2. The molecule has 5 aromatic rings. The Bertz CT molecular complexity index is 2540. The number of ether oxygens (including phenoxy) is 3. The van der Waals surface area contributed by atoms with Crippen LogP contribution in [-0.4, -0.2) is 54.5 Å². The highest BCUT2D eigenvalue weighted by Gasteiger charge is 2.51. The molecule has 1 aromatic carbocycles. The number of terminal acetylenes is 1. The van der Waals surface area contributed by atoms with Crippen LogP contribution in [0.3, 0.4) is 0 Å². The number of hydrogen-bond acceptors (Lipinski definition) is 15. The molecule has 17 heteroatoms. The minimum absolute atomic E-state index is 0.00411. The van der Waals surface area contributed by atoms with E-state index in [-0.39, 0.29) is 60.0 Å². The number of aliphatic hydroxyl groups excluding tert-OH is 1. The summed E-state index contributed by atoms with van der Waals surface area (Å²) in [4.78, 5) is 63.3. The normalized spacial score (nSPS) is 18.9. The van der Waals surface area contributed by atoms with E-state index in [9.17, 15) is 24.3 Å². The van der Waals surface area contributed by atoms with Crippen molar-refractivity contribution in [3.63, 3.8) is 0 Å². The molecular weight excluding hydrogens is 718 g/mol. The number of rotatable bonds is 11. The van der Waals surface area contributed by atoms with E-state index in [0.29, 0.717) is 22.8 Å². The van der Waals surface area contributed by atoms with Crippen molar-refractivity contribution in [1.82, 2.24) is 19.1 Å². The summed E-state index contributed by atoms with van der Waals surface area (Å²) in [5.41, 5.74) is 0.714. The van der Waals surface area contributed by atoms with E-state index < -0.39 is 53.5 Å². The van der Waals surface area contributed by atoms with E-state index in [0.717, 1.165) is 11.1 Å². The SMILES string of the molecule is C#C[C@]1(CO)O[C@@H](n2cnc3c(=NCc4oc(=O)oc4C)n(Cc4oc(=O)oc4C)c(C)nc32)C[C@@H]1OC(=O)CC(C)(C)c1c(C)cc(C)cc1OC(C)=O. The molecule has 0 unspecified atom stereocenters. The third kappa shape index (κ3) is 7.55. The van der Waals surface area contributed by atoms with Crippen LogP contribution in [0.4, 0.5) is 0 Å². The Balaban J connectivity index is 1.34. The van der Waals surface area contributed by atoms with Gasteiger partial charge in [-0.1, -0.05) is 25.8 Å². The van der Waals surface area contributed by atoms with Gasteiger partial charge in [0.25, 0.3) is 0 Å². The highest BCUT2D eigenvalue weighted by Crippen LogP contribution is 2.42. The number of hydrogen-bond donors (Lipinski definition) is 1. The number of carbonyl (C=O) groups excluding carboxylic acids is 2. The fourth-order valence-corrected chi connectivity index (χ4v) is 7.05. The lowest BCUT2D eigenvalue weighted by Crippen LogP contribution is -2.44. The highest BCUT2D eigenvalue weighted by atomic mass is 16.6. The van der Waals surface area contributed by atoms with Crippen molar-refractivity contribution in [2.24, 2.45) is 4.99 Å². The largest absolute Gasteiger partial charge is 0.519 e. The Morgan fingerprint density at radius 1 is 1.07 bits per heavy atom. The second kappa shape index (κ2) is 14.7. The zero-order chi connectivity index (χ0) is 40.0. The maximum atomic E-state index is 13.7. The maximum Gasteiger partial charge on any atom is 0.519 e. The average Bonchev–Trinajstić information content (AvgIpc) is 3.83. The number of fused-ring (bicyclic) bond motifs is 1. The molecule has 1 aliphatic heterocycles. The van der Waals surface area contributed by atoms with E-state index in [1.807, 2.05) is 33.8 Å². The zero-order valence-corrected chi connectivity index (χ0v) is 31.7. The smallest absolute Gasteiger partial charge is 0.458 e. The molecule has 5 heterocycles. The summed E-state index contributed by atoms with van der Waals surface area (Å²) in [5.74, 6) is 1.37. The van der Waals surface area contributed by atoms with Gasteiger partial charge in [0.2, 0.25) is 0 Å². The number of aliphatic hydroxyl groups is 1. The Morgan fingerprint density at radius 2 is 1.75 bits per heavy atom. The molecule has 4 aromatic heterocycles. The van der Waals surface area contributed by atoms with Gasteiger partial charge in [0, 0.05) is 24.3 Å². The number of benzene rings is 1. The number of aryl methyl sites for hydroxylation is 5. The topological polar surface area (TPSA) is 217 Å². The molecule has 17 nitrogen and oxygen atoms in total. The van der Waals surface area contributed by atoms with Crippen LogP contribution in [0.2, 0.25) is 0 Å². The fourth-order valence-electron chi connectivity index (χ4n) is 7.05. The summed E-state index contributed by atoms with van der Waals surface area (Å²) < 4.78 is 41.5. The van der Waals surface area contributed by atoms with Crippen molar-refractivity contribution in [3.05, 3.63) is 90.7 Å². The Labute approximate surface area is 313 Å². The van der Waals surface area contributed by atoms with Crippen LogP contribution in [0.1, 0.15) is 85.4 Å². The van der Waals surface area contributed by atoms with E-state index in [1.165, 1.54) is 13.3 Å². The van der Waals surface area contributed by atoms with Gasteiger partial charge in [0.05, 0.1) is 25.9 Å². The van der Waals surface area contributed by atoms with E-state index in [1.54, 1.807) is 36.0 Å². The summed E-state index contributed by atoms with van der Waals surface area (Å²) >= 11 is 0. The lowest BCUT2D eigenvalue weighted by Gasteiger charge is -2.31. The molecular formula is C38H41N5O12. The fraction of sp³-hybridized carbons (Fsp3) is 0.447. The van der Waals surface area contributed by atoms with Crippen molar-refractivity contribution in [2.45, 2.75) is 105 Å². The molecule has 0 radical (unpaired) electrons. The zero-order valence-electron chi connectivity index (χ0n) is 31.7. The van der Waals surface area contributed by atoms with Crippen molar-refractivity contribution in [2.75, 3.05) is 6.61 Å². The summed E-state index contributed by atoms with van der Waals surface area (Å²) in [6.45, 7) is 12.8. The molecule has 0 spiro atoms. The van der Waals surface area contributed by atoms with Crippen molar-refractivity contribution >= 4 is 23.1 Å². The van der Waals surface area contributed by atoms with Crippen LogP contribution in [0.5, 0.6) is 5.75 Å². The Hall–Kier alpha value is -5.99. The first-order chi connectivity index (χ1) is 25.9.